The van der Waals surface area contributed by atoms with E-state index in [0.717, 1.165) is 15.2 Å². The second kappa shape index (κ2) is 7.23. The first kappa shape index (κ1) is 17.0. The zero-order valence-electron chi connectivity index (χ0n) is 12.4. The third-order valence-corrected chi connectivity index (χ3v) is 3.59. The number of carbonyl (C=O) groups excluding carboxylic acids is 1. The number of halogens is 2. The first-order valence-corrected chi connectivity index (χ1v) is 7.32. The Morgan fingerprint density at radius 1 is 1.26 bits per heavy atom. The highest BCUT2D eigenvalue weighted by Crippen LogP contribution is 2.06. The lowest BCUT2D eigenvalue weighted by molar-refractivity contribution is -0.121. The molecule has 0 fully saturated rings. The van der Waals surface area contributed by atoms with Crippen molar-refractivity contribution < 1.29 is 9.18 Å². The van der Waals surface area contributed by atoms with E-state index in [9.17, 15) is 18.8 Å². The molecule has 2 aromatic rings. The maximum absolute atomic E-state index is 13.5. The van der Waals surface area contributed by atoms with E-state index in [2.05, 4.69) is 5.32 Å². The van der Waals surface area contributed by atoms with E-state index in [1.165, 1.54) is 6.07 Å². The molecule has 0 spiro atoms. The highest BCUT2D eigenvalue weighted by molar-refractivity contribution is 6.29. The predicted octanol–water partition coefficient (Wildman–Crippen LogP) is 1.14. The lowest BCUT2D eigenvalue weighted by Gasteiger charge is -2.11. The van der Waals surface area contributed by atoms with Gasteiger partial charge in [0.05, 0.1) is 0 Å². The lowest BCUT2D eigenvalue weighted by Crippen LogP contribution is -2.42. The van der Waals surface area contributed by atoms with Crippen molar-refractivity contribution in [2.45, 2.75) is 26.6 Å². The summed E-state index contributed by atoms with van der Waals surface area (Å²) in [7, 11) is 0. The molecule has 0 saturated heterocycles. The van der Waals surface area contributed by atoms with E-state index in [-0.39, 0.29) is 24.8 Å². The van der Waals surface area contributed by atoms with Gasteiger partial charge in [-0.3, -0.25) is 18.7 Å². The fourth-order valence-electron chi connectivity index (χ4n) is 2.06. The highest BCUT2D eigenvalue weighted by atomic mass is 35.5. The van der Waals surface area contributed by atoms with Crippen LogP contribution in [0.4, 0.5) is 4.39 Å². The van der Waals surface area contributed by atoms with Crippen molar-refractivity contribution in [3.8, 4) is 0 Å². The summed E-state index contributed by atoms with van der Waals surface area (Å²) < 4.78 is 15.4. The Kier molecular flexibility index (Phi) is 5.33. The highest BCUT2D eigenvalue weighted by Gasteiger charge is 2.12. The van der Waals surface area contributed by atoms with E-state index in [0.29, 0.717) is 5.56 Å². The molecule has 0 aliphatic rings. The first-order chi connectivity index (χ1) is 10.9. The van der Waals surface area contributed by atoms with Crippen LogP contribution in [0.15, 0.2) is 39.9 Å². The van der Waals surface area contributed by atoms with Gasteiger partial charge in [0.15, 0.2) is 0 Å². The zero-order chi connectivity index (χ0) is 17.0. The molecule has 0 bridgehead atoms. The van der Waals surface area contributed by atoms with Gasteiger partial charge in [-0.2, -0.15) is 0 Å². The van der Waals surface area contributed by atoms with Gasteiger partial charge in [-0.15, -0.1) is 0 Å². The number of benzene rings is 1. The molecule has 1 aromatic carbocycles. The number of hydrogen-bond acceptors (Lipinski definition) is 3. The summed E-state index contributed by atoms with van der Waals surface area (Å²) in [6.45, 7) is 1.45. The van der Waals surface area contributed by atoms with Crippen molar-refractivity contribution >= 4 is 17.5 Å². The van der Waals surface area contributed by atoms with Crippen molar-refractivity contribution in [1.29, 1.82) is 0 Å². The average molecular weight is 340 g/mol. The van der Waals surface area contributed by atoms with Crippen LogP contribution in [0, 0.1) is 5.82 Å². The molecule has 1 heterocycles. The molecule has 1 aromatic heterocycles. The van der Waals surface area contributed by atoms with Gasteiger partial charge >= 0.3 is 5.69 Å². The minimum atomic E-state index is -0.661. The van der Waals surface area contributed by atoms with Gasteiger partial charge in [-0.1, -0.05) is 29.8 Å². The number of nitrogens with zero attached hydrogens (tertiary/aromatic N) is 2. The molecule has 0 saturated carbocycles. The summed E-state index contributed by atoms with van der Waals surface area (Å²) in [4.78, 5) is 35.7. The van der Waals surface area contributed by atoms with Gasteiger partial charge in [0, 0.05) is 24.7 Å². The first-order valence-electron chi connectivity index (χ1n) is 6.94. The normalized spacial score (nSPS) is 10.6. The van der Waals surface area contributed by atoms with E-state index < -0.39 is 23.0 Å². The van der Waals surface area contributed by atoms with Crippen LogP contribution < -0.4 is 16.6 Å². The molecular formula is C15H15ClFN3O3. The molecule has 6 nitrogen and oxygen atoms in total. The van der Waals surface area contributed by atoms with Gasteiger partial charge in [-0.05, 0) is 13.0 Å². The molecule has 0 unspecified atom stereocenters. The third kappa shape index (κ3) is 3.87. The average Bonchev–Trinajstić information content (AvgIpc) is 2.51. The van der Waals surface area contributed by atoms with Crippen LogP contribution in [0.5, 0.6) is 0 Å². The largest absolute Gasteiger partial charge is 0.350 e. The molecule has 1 amide bonds. The number of rotatable bonds is 5. The number of carbonyl (C=O) groups is 1. The third-order valence-electron chi connectivity index (χ3n) is 3.28. The Labute approximate surface area is 136 Å². The molecular weight excluding hydrogens is 325 g/mol. The standard InChI is InChI=1S/C15H15ClFN3O3/c1-2-19-14(22)7-12(16)20(15(19)23)9-13(21)18-8-10-5-3-4-6-11(10)17/h3-7H,2,8-9H2,1H3,(H,18,21). The van der Waals surface area contributed by atoms with Crippen LogP contribution in [0.2, 0.25) is 5.15 Å². The van der Waals surface area contributed by atoms with Gasteiger partial charge < -0.3 is 5.32 Å². The maximum Gasteiger partial charge on any atom is 0.332 e. The lowest BCUT2D eigenvalue weighted by atomic mass is 10.2. The van der Waals surface area contributed by atoms with E-state index >= 15 is 0 Å². The Balaban J connectivity index is 2.14. The monoisotopic (exact) mass is 339 g/mol. The van der Waals surface area contributed by atoms with Gasteiger partial charge in [0.1, 0.15) is 17.5 Å². The Morgan fingerprint density at radius 3 is 2.61 bits per heavy atom. The summed E-state index contributed by atoms with van der Waals surface area (Å²) in [6, 6.07) is 7.12. The van der Waals surface area contributed by atoms with Crippen LogP contribution in [-0.2, 0) is 24.4 Å². The fraction of sp³-hybridized carbons (Fsp3) is 0.267. The summed E-state index contributed by atoms with van der Waals surface area (Å²) in [6.07, 6.45) is 0. The Bertz CT molecular complexity index is 845. The number of amides is 1. The van der Waals surface area contributed by atoms with Crippen molar-refractivity contribution in [1.82, 2.24) is 14.5 Å². The number of nitrogens with one attached hydrogen (secondary N) is 1. The summed E-state index contributed by atoms with van der Waals surface area (Å²) >= 11 is 5.86. The minimum absolute atomic E-state index is 0.00864. The second-order valence-electron chi connectivity index (χ2n) is 4.79. The molecule has 0 radical (unpaired) electrons. The Hall–Kier alpha value is -2.41. The van der Waals surface area contributed by atoms with Crippen molar-refractivity contribution in [2.24, 2.45) is 0 Å². The van der Waals surface area contributed by atoms with Crippen LogP contribution in [-0.4, -0.2) is 15.0 Å². The summed E-state index contributed by atoms with van der Waals surface area (Å²) in [5.74, 6) is -0.943. The summed E-state index contributed by atoms with van der Waals surface area (Å²) in [5.41, 5.74) is -0.852. The van der Waals surface area contributed by atoms with Crippen LogP contribution in [0.1, 0.15) is 12.5 Å². The van der Waals surface area contributed by atoms with E-state index in [4.69, 9.17) is 11.6 Å². The second-order valence-corrected chi connectivity index (χ2v) is 5.17. The van der Waals surface area contributed by atoms with Crippen molar-refractivity contribution in [3.63, 3.8) is 0 Å². The number of hydrogen-bond donors (Lipinski definition) is 1. The van der Waals surface area contributed by atoms with Crippen LogP contribution in [0.25, 0.3) is 0 Å². The van der Waals surface area contributed by atoms with E-state index in [1.54, 1.807) is 25.1 Å². The van der Waals surface area contributed by atoms with Crippen LogP contribution >= 0.6 is 11.6 Å². The number of aromatic nitrogens is 2. The van der Waals surface area contributed by atoms with E-state index in [1.807, 2.05) is 0 Å². The molecule has 0 aliphatic carbocycles. The predicted molar refractivity (Wildman–Crippen MR) is 83.9 cm³/mol. The molecule has 1 N–H and O–H groups in total. The molecule has 0 atom stereocenters. The molecule has 2 rings (SSSR count). The van der Waals surface area contributed by atoms with Gasteiger partial charge in [-0.25, -0.2) is 9.18 Å². The molecule has 23 heavy (non-hydrogen) atoms. The van der Waals surface area contributed by atoms with Crippen molar-refractivity contribution in [2.75, 3.05) is 0 Å². The molecule has 0 aliphatic heterocycles. The van der Waals surface area contributed by atoms with Gasteiger partial charge in [0.25, 0.3) is 5.56 Å². The zero-order valence-corrected chi connectivity index (χ0v) is 13.1. The van der Waals surface area contributed by atoms with Crippen LogP contribution in [0.3, 0.4) is 0 Å². The fourth-order valence-corrected chi connectivity index (χ4v) is 2.28. The topological polar surface area (TPSA) is 73.1 Å². The maximum atomic E-state index is 13.5. The van der Waals surface area contributed by atoms with Crippen molar-refractivity contribution in [3.05, 3.63) is 67.7 Å². The quantitative estimate of drug-likeness (QED) is 0.830. The molecule has 122 valence electrons. The molecule has 8 heteroatoms. The SMILES string of the molecule is CCn1c(=O)cc(Cl)n(CC(=O)NCc2ccccc2F)c1=O. The Morgan fingerprint density at radius 2 is 1.96 bits per heavy atom. The minimum Gasteiger partial charge on any atom is -0.350 e. The van der Waals surface area contributed by atoms with Gasteiger partial charge in [0.2, 0.25) is 5.91 Å². The summed E-state index contributed by atoms with van der Waals surface area (Å²) in [5, 5.41) is 2.39. The smallest absolute Gasteiger partial charge is 0.332 e.